The second kappa shape index (κ2) is 7.81. The number of hydrogen-bond acceptors (Lipinski definition) is 2. The van der Waals surface area contributed by atoms with Gasteiger partial charge in [-0.05, 0) is 49.7 Å². The van der Waals surface area contributed by atoms with Crippen LogP contribution in [-0.4, -0.2) is 47.3 Å². The third-order valence-electron chi connectivity index (χ3n) is 6.71. The Kier molecular flexibility index (Phi) is 5.28. The van der Waals surface area contributed by atoms with E-state index in [1.54, 1.807) is 0 Å². The molecular weight excluding hydrogens is 324 g/mol. The number of fused-ring (bicyclic) bond motifs is 1. The number of rotatable bonds is 2. The lowest BCUT2D eigenvalue weighted by atomic mass is 9.82. The van der Waals surface area contributed by atoms with Gasteiger partial charge in [-0.25, -0.2) is 0 Å². The normalized spacial score (nSPS) is 27.8. The quantitative estimate of drug-likeness (QED) is 0.812. The van der Waals surface area contributed by atoms with Gasteiger partial charge in [0, 0.05) is 37.7 Å². The second-order valence-corrected chi connectivity index (χ2v) is 8.30. The van der Waals surface area contributed by atoms with Crippen LogP contribution < -0.4 is 0 Å². The molecule has 2 amide bonds. The number of benzene rings is 1. The first-order valence-electron chi connectivity index (χ1n) is 10.4. The molecule has 2 unspecified atom stereocenters. The summed E-state index contributed by atoms with van der Waals surface area (Å²) in [5.74, 6) is 1.43. The van der Waals surface area contributed by atoms with Crippen molar-refractivity contribution in [3.8, 4) is 0 Å². The molecule has 0 spiro atoms. The van der Waals surface area contributed by atoms with Crippen molar-refractivity contribution in [2.45, 2.75) is 57.4 Å². The van der Waals surface area contributed by atoms with Crippen molar-refractivity contribution in [3.05, 3.63) is 35.9 Å². The Balaban J connectivity index is 1.41. The molecule has 26 heavy (non-hydrogen) atoms. The van der Waals surface area contributed by atoms with Crippen LogP contribution >= 0.6 is 0 Å². The zero-order valence-corrected chi connectivity index (χ0v) is 15.6. The van der Waals surface area contributed by atoms with E-state index in [2.05, 4.69) is 4.90 Å². The maximum atomic E-state index is 12.9. The summed E-state index contributed by atoms with van der Waals surface area (Å²) in [6.45, 7) is 2.48. The number of amides is 2. The third kappa shape index (κ3) is 3.65. The topological polar surface area (TPSA) is 40.6 Å². The van der Waals surface area contributed by atoms with Gasteiger partial charge in [0.2, 0.25) is 5.91 Å². The smallest absolute Gasteiger partial charge is 0.253 e. The molecular formula is C22H30N2O2. The van der Waals surface area contributed by atoms with E-state index in [4.69, 9.17) is 0 Å². The SMILES string of the molecule is O=C(c1ccccc1)N1CCC2CC(=O)N(C3CCCCC3)CCC2C1. The highest BCUT2D eigenvalue weighted by molar-refractivity contribution is 5.94. The number of piperidine rings is 1. The number of nitrogens with zero attached hydrogens (tertiary/aromatic N) is 2. The molecule has 0 radical (unpaired) electrons. The van der Waals surface area contributed by atoms with Crippen molar-refractivity contribution < 1.29 is 9.59 Å². The highest BCUT2D eigenvalue weighted by Gasteiger charge is 2.38. The van der Waals surface area contributed by atoms with Crippen molar-refractivity contribution in [2.75, 3.05) is 19.6 Å². The molecule has 4 heteroatoms. The van der Waals surface area contributed by atoms with E-state index in [9.17, 15) is 9.59 Å². The summed E-state index contributed by atoms with van der Waals surface area (Å²) in [4.78, 5) is 29.8. The first kappa shape index (κ1) is 17.6. The molecule has 0 aromatic heterocycles. The molecule has 2 atom stereocenters. The zero-order chi connectivity index (χ0) is 17.9. The van der Waals surface area contributed by atoms with Gasteiger partial charge >= 0.3 is 0 Å². The maximum absolute atomic E-state index is 12.9. The Hall–Kier alpha value is -1.84. The predicted molar refractivity (Wildman–Crippen MR) is 102 cm³/mol. The van der Waals surface area contributed by atoms with Gasteiger partial charge in [-0.3, -0.25) is 9.59 Å². The van der Waals surface area contributed by atoms with Crippen LogP contribution in [0, 0.1) is 11.8 Å². The number of carbonyl (C=O) groups is 2. The maximum Gasteiger partial charge on any atom is 0.253 e. The summed E-state index contributed by atoms with van der Waals surface area (Å²) in [6.07, 6.45) is 8.91. The van der Waals surface area contributed by atoms with Crippen LogP contribution in [0.15, 0.2) is 30.3 Å². The Labute approximate surface area is 156 Å². The van der Waals surface area contributed by atoms with E-state index in [1.807, 2.05) is 35.2 Å². The van der Waals surface area contributed by atoms with Crippen LogP contribution in [0.3, 0.4) is 0 Å². The van der Waals surface area contributed by atoms with Gasteiger partial charge in [-0.15, -0.1) is 0 Å². The third-order valence-corrected chi connectivity index (χ3v) is 6.71. The van der Waals surface area contributed by atoms with Gasteiger partial charge in [-0.1, -0.05) is 37.5 Å². The van der Waals surface area contributed by atoms with Gasteiger partial charge < -0.3 is 9.80 Å². The van der Waals surface area contributed by atoms with Crippen molar-refractivity contribution >= 4 is 11.8 Å². The van der Waals surface area contributed by atoms with Gasteiger partial charge in [0.15, 0.2) is 0 Å². The standard InChI is InChI=1S/C22H30N2O2/c25-21-15-18-11-13-23(22(26)17-7-3-1-4-8-17)16-19(18)12-14-24(21)20-9-5-2-6-10-20/h1,3-4,7-8,18-20H,2,5-6,9-16H2. The predicted octanol–water partition coefficient (Wildman–Crippen LogP) is 3.72. The molecule has 1 aromatic rings. The molecule has 1 aromatic carbocycles. The molecule has 3 aliphatic rings. The van der Waals surface area contributed by atoms with Crippen LogP contribution in [0.25, 0.3) is 0 Å². The largest absolute Gasteiger partial charge is 0.340 e. The average Bonchev–Trinajstić information content (AvgIpc) is 2.86. The molecule has 2 aliphatic heterocycles. The van der Waals surface area contributed by atoms with Gasteiger partial charge in [-0.2, -0.15) is 0 Å². The van der Waals surface area contributed by atoms with Crippen LogP contribution in [-0.2, 0) is 4.79 Å². The fourth-order valence-electron chi connectivity index (χ4n) is 5.17. The fourth-order valence-corrected chi connectivity index (χ4v) is 5.17. The van der Waals surface area contributed by atoms with Crippen LogP contribution in [0.5, 0.6) is 0 Å². The lowest BCUT2D eigenvalue weighted by Crippen LogP contribution is -2.43. The van der Waals surface area contributed by atoms with E-state index in [-0.39, 0.29) is 5.91 Å². The number of likely N-dealkylation sites (tertiary alicyclic amines) is 2. The van der Waals surface area contributed by atoms with Gasteiger partial charge in [0.25, 0.3) is 5.91 Å². The minimum Gasteiger partial charge on any atom is -0.340 e. The lowest BCUT2D eigenvalue weighted by Gasteiger charge is -2.37. The van der Waals surface area contributed by atoms with E-state index in [1.165, 1.54) is 32.1 Å². The summed E-state index contributed by atoms with van der Waals surface area (Å²) < 4.78 is 0. The first-order chi connectivity index (χ1) is 12.7. The van der Waals surface area contributed by atoms with E-state index in [0.29, 0.717) is 30.2 Å². The Bertz CT molecular complexity index is 639. The summed E-state index contributed by atoms with van der Waals surface area (Å²) in [5.41, 5.74) is 0.777. The van der Waals surface area contributed by atoms with E-state index in [0.717, 1.165) is 38.0 Å². The lowest BCUT2D eigenvalue weighted by molar-refractivity contribution is -0.134. The average molecular weight is 354 g/mol. The van der Waals surface area contributed by atoms with Crippen molar-refractivity contribution in [1.82, 2.24) is 9.80 Å². The molecule has 0 N–H and O–H groups in total. The summed E-state index contributed by atoms with van der Waals surface area (Å²) in [7, 11) is 0. The molecule has 4 nitrogen and oxygen atoms in total. The molecule has 140 valence electrons. The number of carbonyl (C=O) groups excluding carboxylic acids is 2. The second-order valence-electron chi connectivity index (χ2n) is 8.30. The zero-order valence-electron chi connectivity index (χ0n) is 15.6. The van der Waals surface area contributed by atoms with E-state index < -0.39 is 0 Å². The highest BCUT2D eigenvalue weighted by atomic mass is 16.2. The first-order valence-corrected chi connectivity index (χ1v) is 10.4. The monoisotopic (exact) mass is 354 g/mol. The van der Waals surface area contributed by atoms with Crippen molar-refractivity contribution in [3.63, 3.8) is 0 Å². The van der Waals surface area contributed by atoms with Crippen LogP contribution in [0.4, 0.5) is 0 Å². The van der Waals surface area contributed by atoms with E-state index >= 15 is 0 Å². The Morgan fingerprint density at radius 2 is 1.62 bits per heavy atom. The molecule has 0 bridgehead atoms. The van der Waals surface area contributed by atoms with Crippen LogP contribution in [0.1, 0.15) is 61.7 Å². The summed E-state index contributed by atoms with van der Waals surface area (Å²) >= 11 is 0. The summed E-state index contributed by atoms with van der Waals surface area (Å²) in [5, 5.41) is 0. The molecule has 1 aliphatic carbocycles. The minimum absolute atomic E-state index is 0.142. The Morgan fingerprint density at radius 3 is 2.38 bits per heavy atom. The molecule has 4 rings (SSSR count). The molecule has 1 saturated carbocycles. The Morgan fingerprint density at radius 1 is 0.885 bits per heavy atom. The summed E-state index contributed by atoms with van der Waals surface area (Å²) in [6, 6.07) is 10.1. The van der Waals surface area contributed by atoms with Crippen molar-refractivity contribution in [2.24, 2.45) is 11.8 Å². The van der Waals surface area contributed by atoms with Gasteiger partial charge in [0.1, 0.15) is 0 Å². The van der Waals surface area contributed by atoms with Crippen molar-refractivity contribution in [1.29, 1.82) is 0 Å². The molecule has 2 heterocycles. The van der Waals surface area contributed by atoms with Gasteiger partial charge in [0.05, 0.1) is 0 Å². The molecule has 2 saturated heterocycles. The highest BCUT2D eigenvalue weighted by Crippen LogP contribution is 2.35. The number of hydrogen-bond donors (Lipinski definition) is 0. The fraction of sp³-hybridized carbons (Fsp3) is 0.636. The minimum atomic E-state index is 0.142. The van der Waals surface area contributed by atoms with Crippen LogP contribution in [0.2, 0.25) is 0 Å². The molecule has 3 fully saturated rings.